The zero-order valence-electron chi connectivity index (χ0n) is 12.5. The van der Waals surface area contributed by atoms with Crippen molar-refractivity contribution in [2.75, 3.05) is 33.0 Å². The summed E-state index contributed by atoms with van der Waals surface area (Å²) in [5.74, 6) is 0. The highest BCUT2D eigenvalue weighted by Gasteiger charge is 2.39. The number of rotatable bonds is 10. The van der Waals surface area contributed by atoms with Crippen molar-refractivity contribution in [2.45, 2.75) is 40.2 Å². The van der Waals surface area contributed by atoms with Crippen molar-refractivity contribution < 1.29 is 23.2 Å². The highest BCUT2D eigenvalue weighted by atomic mass is 28.4. The van der Waals surface area contributed by atoms with E-state index >= 15 is 0 Å². The second-order valence-corrected chi connectivity index (χ2v) is 6.11. The summed E-state index contributed by atoms with van der Waals surface area (Å²) in [6.45, 7) is 9.86. The molecule has 0 aliphatic rings. The van der Waals surface area contributed by atoms with Crippen LogP contribution < -0.4 is 0 Å². The van der Waals surface area contributed by atoms with Crippen LogP contribution in [0.5, 0.6) is 0 Å². The zero-order chi connectivity index (χ0) is 15.0. The van der Waals surface area contributed by atoms with Crippen molar-refractivity contribution in [3.63, 3.8) is 0 Å². The average molecular weight is 293 g/mol. The Morgan fingerprint density at radius 1 is 1.05 bits per heavy atom. The first-order chi connectivity index (χ1) is 9.16. The van der Waals surface area contributed by atoms with E-state index in [0.717, 1.165) is 6.42 Å². The molecule has 0 bridgehead atoms. The van der Waals surface area contributed by atoms with Crippen LogP contribution in [0.3, 0.4) is 0 Å². The summed E-state index contributed by atoms with van der Waals surface area (Å²) in [6.07, 6.45) is 2.24. The summed E-state index contributed by atoms with van der Waals surface area (Å²) in [5, 5.41) is 7.57. The Hall–Kier alpha value is -0.563. The Bertz CT molecular complexity index is 217. The molecule has 0 unspecified atom stereocenters. The quantitative estimate of drug-likeness (QED) is 0.287. The molecule has 0 aromatic rings. The molecule has 7 heteroatoms. The van der Waals surface area contributed by atoms with Crippen LogP contribution in [0.4, 0.5) is 0 Å². The SMILES string of the molecule is CCO.CCO[Si](CCCN=C=O)(OCC)OCC. The fourth-order valence-electron chi connectivity index (χ4n) is 1.42. The van der Waals surface area contributed by atoms with E-state index in [1.54, 1.807) is 6.92 Å². The van der Waals surface area contributed by atoms with Gasteiger partial charge in [-0.3, -0.25) is 0 Å². The van der Waals surface area contributed by atoms with Gasteiger partial charge in [0.15, 0.2) is 0 Å². The van der Waals surface area contributed by atoms with Gasteiger partial charge in [-0.25, -0.2) is 9.79 Å². The second-order valence-electron chi connectivity index (χ2n) is 3.37. The Kier molecular flexibility index (Phi) is 16.9. The molecule has 0 spiro atoms. The van der Waals surface area contributed by atoms with E-state index in [4.69, 9.17) is 18.4 Å². The number of carbonyl (C=O) groups excluding carboxylic acids is 1. The third-order valence-corrected chi connectivity index (χ3v) is 5.06. The second kappa shape index (κ2) is 15.5. The Morgan fingerprint density at radius 2 is 1.47 bits per heavy atom. The molecule has 0 saturated carbocycles. The van der Waals surface area contributed by atoms with Crippen LogP contribution in [0.15, 0.2) is 4.99 Å². The summed E-state index contributed by atoms with van der Waals surface area (Å²) < 4.78 is 16.9. The van der Waals surface area contributed by atoms with Crippen LogP contribution in [0.2, 0.25) is 6.04 Å². The van der Waals surface area contributed by atoms with Crippen molar-refractivity contribution >= 4 is 14.9 Å². The van der Waals surface area contributed by atoms with Gasteiger partial charge in [0.25, 0.3) is 0 Å². The number of hydrogen-bond acceptors (Lipinski definition) is 6. The van der Waals surface area contributed by atoms with Crippen molar-refractivity contribution in [3.05, 3.63) is 0 Å². The number of hydrogen-bond donors (Lipinski definition) is 1. The van der Waals surface area contributed by atoms with Gasteiger partial charge in [-0.1, -0.05) is 0 Å². The first-order valence-electron chi connectivity index (χ1n) is 6.72. The summed E-state index contributed by atoms with van der Waals surface area (Å²) in [4.78, 5) is 13.4. The predicted octanol–water partition coefficient (Wildman–Crippen LogP) is 1.76. The molecule has 0 radical (unpaired) electrons. The maximum atomic E-state index is 9.93. The zero-order valence-corrected chi connectivity index (χ0v) is 13.5. The van der Waals surface area contributed by atoms with E-state index in [-0.39, 0.29) is 6.61 Å². The molecule has 0 saturated heterocycles. The van der Waals surface area contributed by atoms with E-state index < -0.39 is 8.80 Å². The molecular formula is C12H27NO5Si. The number of nitrogens with zero attached hydrogens (tertiary/aromatic N) is 1. The molecule has 1 N–H and O–H groups in total. The largest absolute Gasteiger partial charge is 0.500 e. The molecule has 0 aliphatic heterocycles. The number of aliphatic hydroxyl groups is 1. The topological polar surface area (TPSA) is 77.4 Å². The molecule has 0 aromatic heterocycles. The van der Waals surface area contributed by atoms with Crippen LogP contribution >= 0.6 is 0 Å². The third-order valence-electron chi connectivity index (χ3n) is 1.91. The maximum absolute atomic E-state index is 9.93. The van der Waals surface area contributed by atoms with Crippen molar-refractivity contribution in [2.24, 2.45) is 4.99 Å². The lowest BCUT2D eigenvalue weighted by molar-refractivity contribution is 0.0710. The van der Waals surface area contributed by atoms with Gasteiger partial charge in [0.1, 0.15) is 0 Å². The summed E-state index contributed by atoms with van der Waals surface area (Å²) in [6, 6.07) is 0.688. The van der Waals surface area contributed by atoms with Gasteiger partial charge in [0.2, 0.25) is 6.08 Å². The number of isocyanates is 1. The van der Waals surface area contributed by atoms with Gasteiger partial charge >= 0.3 is 8.80 Å². The fourth-order valence-corrected chi connectivity index (χ4v) is 4.02. The lowest BCUT2D eigenvalue weighted by Crippen LogP contribution is -2.46. The minimum atomic E-state index is -2.54. The van der Waals surface area contributed by atoms with E-state index in [0.29, 0.717) is 32.4 Å². The molecule has 0 aliphatic carbocycles. The summed E-state index contributed by atoms with van der Waals surface area (Å²) >= 11 is 0. The molecule has 19 heavy (non-hydrogen) atoms. The molecule has 0 heterocycles. The Balaban J connectivity index is 0. The molecule has 0 rings (SSSR count). The van der Waals surface area contributed by atoms with Crippen molar-refractivity contribution in [3.8, 4) is 0 Å². The number of aliphatic imine (C=N–C) groups is 1. The number of aliphatic hydroxyl groups excluding tert-OH is 1. The molecule has 0 fully saturated rings. The molecule has 0 amide bonds. The standard InChI is InChI=1S/C10H21NO4Si.C2H6O/c1-4-13-16(14-5-2,15-6-3)9-7-8-11-10-12;1-2-3/h4-9H2,1-3H3;3H,2H2,1H3. The summed E-state index contributed by atoms with van der Waals surface area (Å²) in [5.41, 5.74) is 0. The smallest absolute Gasteiger partial charge is 0.397 e. The minimum absolute atomic E-state index is 0.250. The first-order valence-corrected chi connectivity index (χ1v) is 8.65. The van der Waals surface area contributed by atoms with Crippen LogP contribution in [-0.4, -0.2) is 53.0 Å². The predicted molar refractivity (Wildman–Crippen MR) is 75.8 cm³/mol. The van der Waals surface area contributed by atoms with Gasteiger partial charge in [-0.15, -0.1) is 0 Å². The van der Waals surface area contributed by atoms with E-state index in [9.17, 15) is 4.79 Å². The van der Waals surface area contributed by atoms with Crippen LogP contribution in [0.1, 0.15) is 34.1 Å². The Labute approximate surface area is 117 Å². The molecule has 0 atom stereocenters. The highest BCUT2D eigenvalue weighted by molar-refractivity contribution is 6.60. The van der Waals surface area contributed by atoms with Gasteiger partial charge in [0.05, 0.1) is 6.54 Å². The molecule has 6 nitrogen and oxygen atoms in total. The average Bonchev–Trinajstić information content (AvgIpc) is 2.37. The first kappa shape index (κ1) is 20.7. The van der Waals surface area contributed by atoms with E-state index in [1.807, 2.05) is 20.8 Å². The minimum Gasteiger partial charge on any atom is -0.397 e. The summed E-state index contributed by atoms with van der Waals surface area (Å²) in [7, 11) is -2.54. The van der Waals surface area contributed by atoms with Gasteiger partial charge in [0, 0.05) is 32.5 Å². The Morgan fingerprint density at radius 3 is 1.79 bits per heavy atom. The highest BCUT2D eigenvalue weighted by Crippen LogP contribution is 2.17. The third kappa shape index (κ3) is 12.2. The van der Waals surface area contributed by atoms with Crippen molar-refractivity contribution in [1.82, 2.24) is 0 Å². The van der Waals surface area contributed by atoms with Crippen LogP contribution in [0.25, 0.3) is 0 Å². The lowest BCUT2D eigenvalue weighted by atomic mass is 10.5. The molecular weight excluding hydrogens is 266 g/mol. The van der Waals surface area contributed by atoms with E-state index in [2.05, 4.69) is 4.99 Å². The maximum Gasteiger partial charge on any atom is 0.500 e. The normalized spacial score (nSPS) is 10.4. The van der Waals surface area contributed by atoms with Crippen LogP contribution in [-0.2, 0) is 18.1 Å². The van der Waals surface area contributed by atoms with E-state index in [1.165, 1.54) is 6.08 Å². The molecule has 114 valence electrons. The van der Waals surface area contributed by atoms with Crippen LogP contribution in [0, 0.1) is 0 Å². The van der Waals surface area contributed by atoms with Gasteiger partial charge in [-0.05, 0) is 34.1 Å². The lowest BCUT2D eigenvalue weighted by Gasteiger charge is -2.28. The molecule has 0 aromatic carbocycles. The van der Waals surface area contributed by atoms with Gasteiger partial charge < -0.3 is 18.4 Å². The monoisotopic (exact) mass is 293 g/mol. The van der Waals surface area contributed by atoms with Crippen molar-refractivity contribution in [1.29, 1.82) is 0 Å². The van der Waals surface area contributed by atoms with Gasteiger partial charge in [-0.2, -0.15) is 0 Å². The fraction of sp³-hybridized carbons (Fsp3) is 0.917.